The van der Waals surface area contributed by atoms with Crippen molar-refractivity contribution in [1.29, 1.82) is 0 Å². The SMILES string of the molecule is Cc1cc(C)c(C)c(-c2c3sc4ccoc4c3cc[n+]2C)c1. The van der Waals surface area contributed by atoms with Crippen LogP contribution in [0.25, 0.3) is 31.6 Å². The first kappa shape index (κ1) is 13.5. The number of fused-ring (bicyclic) bond motifs is 3. The second kappa shape index (κ2) is 4.68. The number of pyridine rings is 1. The Morgan fingerprint density at radius 2 is 1.91 bits per heavy atom. The fraction of sp³-hybridized carbons (Fsp3) is 0.211. The van der Waals surface area contributed by atoms with Gasteiger partial charge in [0.25, 0.3) is 0 Å². The molecule has 4 rings (SSSR count). The third-order valence-electron chi connectivity index (χ3n) is 4.43. The van der Waals surface area contributed by atoms with Crippen LogP contribution >= 0.6 is 11.3 Å². The van der Waals surface area contributed by atoms with Crippen LogP contribution in [0.15, 0.2) is 41.1 Å². The zero-order valence-electron chi connectivity index (χ0n) is 13.2. The van der Waals surface area contributed by atoms with Crippen molar-refractivity contribution in [3.8, 4) is 11.3 Å². The van der Waals surface area contributed by atoms with Crippen LogP contribution in [-0.2, 0) is 7.05 Å². The molecule has 0 aliphatic heterocycles. The molecule has 1 aromatic carbocycles. The smallest absolute Gasteiger partial charge is 0.230 e. The van der Waals surface area contributed by atoms with Gasteiger partial charge in [-0.05, 0) is 44.0 Å². The maximum atomic E-state index is 5.68. The number of thiophene rings is 1. The highest BCUT2D eigenvalue weighted by molar-refractivity contribution is 7.26. The minimum absolute atomic E-state index is 1.00. The number of furan rings is 1. The fourth-order valence-corrected chi connectivity index (χ4v) is 4.40. The van der Waals surface area contributed by atoms with Crippen LogP contribution in [0.4, 0.5) is 0 Å². The van der Waals surface area contributed by atoms with Gasteiger partial charge < -0.3 is 4.42 Å². The molecule has 110 valence electrons. The highest BCUT2D eigenvalue weighted by Gasteiger charge is 2.22. The molecule has 0 aliphatic carbocycles. The molecule has 0 radical (unpaired) electrons. The number of hydrogen-bond donors (Lipinski definition) is 0. The van der Waals surface area contributed by atoms with Gasteiger partial charge in [-0.15, -0.1) is 11.3 Å². The molecule has 3 heterocycles. The summed E-state index contributed by atoms with van der Waals surface area (Å²) in [4.78, 5) is 0. The Kier molecular flexibility index (Phi) is 2.88. The van der Waals surface area contributed by atoms with Crippen LogP contribution in [0, 0.1) is 20.8 Å². The number of rotatable bonds is 1. The first-order valence-electron chi connectivity index (χ1n) is 7.43. The van der Waals surface area contributed by atoms with E-state index in [4.69, 9.17) is 4.42 Å². The van der Waals surface area contributed by atoms with E-state index >= 15 is 0 Å². The molecule has 3 heteroatoms. The van der Waals surface area contributed by atoms with Gasteiger partial charge in [-0.2, -0.15) is 4.57 Å². The topological polar surface area (TPSA) is 17.0 Å². The number of hydrogen-bond acceptors (Lipinski definition) is 2. The summed E-state index contributed by atoms with van der Waals surface area (Å²) in [6.45, 7) is 6.56. The summed E-state index contributed by atoms with van der Waals surface area (Å²) >= 11 is 1.81. The van der Waals surface area contributed by atoms with Gasteiger partial charge in [0.15, 0.2) is 11.8 Å². The van der Waals surface area contributed by atoms with Crippen LogP contribution in [-0.4, -0.2) is 0 Å². The maximum Gasteiger partial charge on any atom is 0.230 e. The summed E-state index contributed by atoms with van der Waals surface area (Å²) < 4.78 is 10.4. The molecule has 0 N–H and O–H groups in total. The van der Waals surface area contributed by atoms with Gasteiger partial charge in [0.05, 0.1) is 16.5 Å². The van der Waals surface area contributed by atoms with Gasteiger partial charge in [0, 0.05) is 11.5 Å². The van der Waals surface area contributed by atoms with Gasteiger partial charge in [0.2, 0.25) is 5.69 Å². The summed E-state index contributed by atoms with van der Waals surface area (Å²) in [5.41, 5.74) is 7.58. The predicted molar refractivity (Wildman–Crippen MR) is 92.4 cm³/mol. The van der Waals surface area contributed by atoms with E-state index in [-0.39, 0.29) is 0 Å². The number of nitrogens with zero attached hydrogens (tertiary/aromatic N) is 1. The molecule has 0 fully saturated rings. The predicted octanol–water partition coefficient (Wildman–Crippen LogP) is 5.06. The summed E-state index contributed by atoms with van der Waals surface area (Å²) in [6.07, 6.45) is 3.90. The first-order valence-corrected chi connectivity index (χ1v) is 8.24. The molecular formula is C19H18NOS+. The average Bonchev–Trinajstić information content (AvgIpc) is 3.03. The highest BCUT2D eigenvalue weighted by Crippen LogP contribution is 2.39. The number of aryl methyl sites for hydroxylation is 3. The first-order chi connectivity index (χ1) is 10.6. The summed E-state index contributed by atoms with van der Waals surface area (Å²) in [7, 11) is 2.12. The lowest BCUT2D eigenvalue weighted by Crippen LogP contribution is -2.30. The molecular weight excluding hydrogens is 290 g/mol. The molecule has 0 bridgehead atoms. The van der Waals surface area contributed by atoms with Crippen LogP contribution in [0.2, 0.25) is 0 Å². The van der Waals surface area contributed by atoms with E-state index < -0.39 is 0 Å². The van der Waals surface area contributed by atoms with Crippen molar-refractivity contribution in [3.05, 3.63) is 53.4 Å². The molecule has 0 aliphatic rings. The van der Waals surface area contributed by atoms with E-state index in [9.17, 15) is 0 Å². The molecule has 0 amide bonds. The van der Waals surface area contributed by atoms with Crippen molar-refractivity contribution in [2.75, 3.05) is 0 Å². The molecule has 3 aromatic heterocycles. The van der Waals surface area contributed by atoms with E-state index in [0.717, 1.165) is 5.58 Å². The van der Waals surface area contributed by atoms with Crippen LogP contribution < -0.4 is 4.57 Å². The Bertz CT molecular complexity index is 1020. The monoisotopic (exact) mass is 308 g/mol. The standard InChI is InChI=1S/C19H18NOS/c1-11-9-12(2)13(3)15(10-11)17-19-14(5-7-20(17)4)18-16(22-19)6-8-21-18/h5-10H,1-4H3/q+1. The summed E-state index contributed by atoms with van der Waals surface area (Å²) in [5.74, 6) is 0. The Morgan fingerprint density at radius 1 is 1.09 bits per heavy atom. The summed E-state index contributed by atoms with van der Waals surface area (Å²) in [5, 5.41) is 1.21. The summed E-state index contributed by atoms with van der Waals surface area (Å²) in [6, 6.07) is 8.75. The van der Waals surface area contributed by atoms with Crippen LogP contribution in [0.5, 0.6) is 0 Å². The van der Waals surface area contributed by atoms with E-state index in [1.54, 1.807) is 6.26 Å². The van der Waals surface area contributed by atoms with Crippen molar-refractivity contribution in [2.24, 2.45) is 7.05 Å². The van der Waals surface area contributed by atoms with Crippen LogP contribution in [0.1, 0.15) is 16.7 Å². The van der Waals surface area contributed by atoms with Gasteiger partial charge in [-0.25, -0.2) is 0 Å². The average molecular weight is 308 g/mol. The van der Waals surface area contributed by atoms with Crippen molar-refractivity contribution in [1.82, 2.24) is 0 Å². The van der Waals surface area contributed by atoms with Gasteiger partial charge in [-0.1, -0.05) is 11.6 Å². The molecule has 4 aromatic rings. The minimum atomic E-state index is 1.00. The largest absolute Gasteiger partial charge is 0.463 e. The molecule has 0 spiro atoms. The maximum absolute atomic E-state index is 5.68. The second-order valence-corrected chi connectivity index (χ2v) is 7.04. The molecule has 0 atom stereocenters. The zero-order valence-corrected chi connectivity index (χ0v) is 14.0. The van der Waals surface area contributed by atoms with Crippen LogP contribution in [0.3, 0.4) is 0 Å². The lowest BCUT2D eigenvalue weighted by molar-refractivity contribution is -0.659. The minimum Gasteiger partial charge on any atom is -0.463 e. The van der Waals surface area contributed by atoms with Gasteiger partial charge in [0.1, 0.15) is 11.7 Å². The van der Waals surface area contributed by atoms with E-state index in [0.29, 0.717) is 0 Å². The quantitative estimate of drug-likeness (QED) is 0.449. The highest BCUT2D eigenvalue weighted by atomic mass is 32.1. The number of benzene rings is 1. The molecule has 2 nitrogen and oxygen atoms in total. The van der Waals surface area contributed by atoms with Crippen molar-refractivity contribution in [3.63, 3.8) is 0 Å². The second-order valence-electron chi connectivity index (χ2n) is 5.99. The molecule has 0 saturated heterocycles. The lowest BCUT2D eigenvalue weighted by Gasteiger charge is -2.09. The van der Waals surface area contributed by atoms with Gasteiger partial charge in [-0.3, -0.25) is 0 Å². The molecule has 0 unspecified atom stereocenters. The van der Waals surface area contributed by atoms with E-state index in [1.165, 1.54) is 42.7 Å². The van der Waals surface area contributed by atoms with E-state index in [2.05, 4.69) is 62.8 Å². The Balaban J connectivity index is 2.16. The Hall–Kier alpha value is -2.13. The molecule has 22 heavy (non-hydrogen) atoms. The van der Waals surface area contributed by atoms with Crippen molar-refractivity contribution < 1.29 is 8.98 Å². The van der Waals surface area contributed by atoms with Gasteiger partial charge >= 0.3 is 0 Å². The third kappa shape index (κ3) is 1.82. The van der Waals surface area contributed by atoms with Crippen molar-refractivity contribution in [2.45, 2.75) is 20.8 Å². The normalized spacial score (nSPS) is 11.6. The lowest BCUT2D eigenvalue weighted by atomic mass is 9.97. The Labute approximate surface area is 133 Å². The molecule has 0 saturated carbocycles. The Morgan fingerprint density at radius 3 is 2.73 bits per heavy atom. The third-order valence-corrected chi connectivity index (χ3v) is 5.59. The van der Waals surface area contributed by atoms with E-state index in [1.807, 2.05) is 11.3 Å². The fourth-order valence-electron chi connectivity index (χ4n) is 3.19. The zero-order chi connectivity index (χ0) is 15.4. The number of aromatic nitrogens is 1. The van der Waals surface area contributed by atoms with Crippen molar-refractivity contribution >= 4 is 31.7 Å².